The Morgan fingerprint density at radius 2 is 1.97 bits per heavy atom. The minimum atomic E-state index is 0.0572. The molecular weight excluding hydrogens is 420 g/mol. The number of carbonyl (C=O) groups is 1. The van der Waals surface area contributed by atoms with Gasteiger partial charge in [-0.2, -0.15) is 0 Å². The molecule has 0 N–H and O–H groups in total. The van der Waals surface area contributed by atoms with E-state index in [1.165, 1.54) is 46.8 Å². The van der Waals surface area contributed by atoms with Gasteiger partial charge in [-0.1, -0.05) is 17.4 Å². The van der Waals surface area contributed by atoms with Crippen molar-refractivity contribution < 1.29 is 4.79 Å². The summed E-state index contributed by atoms with van der Waals surface area (Å²) in [6.45, 7) is 1.92. The van der Waals surface area contributed by atoms with Gasteiger partial charge in [0.2, 0.25) is 5.91 Å². The fraction of sp³-hybridized carbons (Fsp3) is 0.636. The number of hydrogen-bond donors (Lipinski definition) is 0. The lowest BCUT2D eigenvalue weighted by molar-refractivity contribution is -0.132. The SMILES string of the molecule is O=C(Cn1c2c(sc1=O)[C@@H](c1cccs1)[C@@H]1[C@H]3CC[C@@H](C3)[C@H]1S2)N1CCCCC1. The van der Waals surface area contributed by atoms with Crippen LogP contribution in [0, 0.1) is 17.8 Å². The highest BCUT2D eigenvalue weighted by molar-refractivity contribution is 8.00. The zero-order chi connectivity index (χ0) is 19.5. The van der Waals surface area contributed by atoms with Crippen molar-refractivity contribution >= 4 is 40.3 Å². The van der Waals surface area contributed by atoms with E-state index < -0.39 is 0 Å². The maximum atomic E-state index is 13.0. The lowest BCUT2D eigenvalue weighted by atomic mass is 9.77. The molecule has 0 radical (unpaired) electrons. The Kier molecular flexibility index (Phi) is 4.69. The third-order valence-corrected chi connectivity index (χ3v) is 11.3. The van der Waals surface area contributed by atoms with Crippen LogP contribution in [0.15, 0.2) is 27.3 Å². The van der Waals surface area contributed by atoms with Crippen LogP contribution in [0.25, 0.3) is 0 Å². The summed E-state index contributed by atoms with van der Waals surface area (Å²) in [6.07, 6.45) is 7.44. The third kappa shape index (κ3) is 2.99. The van der Waals surface area contributed by atoms with Crippen LogP contribution in [0.4, 0.5) is 0 Å². The molecule has 0 unspecified atom stereocenters. The number of thiophene rings is 1. The van der Waals surface area contributed by atoms with Crippen LogP contribution in [-0.4, -0.2) is 33.7 Å². The Balaban J connectivity index is 1.39. The first-order valence-corrected chi connectivity index (χ1v) is 13.5. The van der Waals surface area contributed by atoms with Crippen molar-refractivity contribution in [1.82, 2.24) is 9.47 Å². The van der Waals surface area contributed by atoms with E-state index in [0.29, 0.717) is 17.1 Å². The number of nitrogens with zero attached hydrogens (tertiary/aromatic N) is 2. The predicted octanol–water partition coefficient (Wildman–Crippen LogP) is 4.64. The maximum Gasteiger partial charge on any atom is 0.308 e. The van der Waals surface area contributed by atoms with E-state index in [-0.39, 0.29) is 17.3 Å². The van der Waals surface area contributed by atoms with Gasteiger partial charge in [0.1, 0.15) is 6.54 Å². The van der Waals surface area contributed by atoms with Crippen molar-refractivity contribution in [1.29, 1.82) is 0 Å². The molecule has 2 aliphatic heterocycles. The second-order valence-electron chi connectivity index (χ2n) is 9.05. The number of hydrogen-bond acceptors (Lipinski definition) is 5. The highest BCUT2D eigenvalue weighted by Crippen LogP contribution is 2.64. The lowest BCUT2D eigenvalue weighted by Crippen LogP contribution is -2.39. The molecule has 2 bridgehead atoms. The maximum absolute atomic E-state index is 13.0. The van der Waals surface area contributed by atoms with Crippen LogP contribution in [-0.2, 0) is 11.3 Å². The average Bonchev–Trinajstić information content (AvgIpc) is 3.53. The van der Waals surface area contributed by atoms with Crippen LogP contribution in [0.1, 0.15) is 54.2 Å². The molecule has 1 amide bonds. The van der Waals surface area contributed by atoms with Crippen molar-refractivity contribution in [3.63, 3.8) is 0 Å². The second kappa shape index (κ2) is 7.27. The summed E-state index contributed by atoms with van der Waals surface area (Å²) in [5.41, 5.74) is 0. The molecule has 4 nitrogen and oxygen atoms in total. The first-order valence-electron chi connectivity index (χ1n) is 10.9. The van der Waals surface area contributed by atoms with E-state index in [0.717, 1.165) is 42.8 Å². The van der Waals surface area contributed by atoms with Crippen molar-refractivity contribution in [2.75, 3.05) is 13.1 Å². The molecule has 0 aromatic carbocycles. The Morgan fingerprint density at radius 3 is 2.76 bits per heavy atom. The van der Waals surface area contributed by atoms with E-state index in [4.69, 9.17) is 0 Å². The number of likely N-dealkylation sites (tertiary alicyclic amines) is 1. The molecule has 4 aliphatic rings. The van der Waals surface area contributed by atoms with E-state index in [1.54, 1.807) is 0 Å². The predicted molar refractivity (Wildman–Crippen MR) is 119 cm³/mol. The molecule has 2 aliphatic carbocycles. The Bertz CT molecular complexity index is 973. The summed E-state index contributed by atoms with van der Waals surface area (Å²) >= 11 is 5.18. The number of piperidine rings is 1. The van der Waals surface area contributed by atoms with Gasteiger partial charge in [-0.05, 0) is 67.7 Å². The third-order valence-electron chi connectivity index (χ3n) is 7.54. The summed E-state index contributed by atoms with van der Waals surface area (Å²) in [5.74, 6) is 2.73. The number of fused-ring (bicyclic) bond motifs is 6. The van der Waals surface area contributed by atoms with Crippen molar-refractivity contribution in [3.8, 4) is 0 Å². The molecule has 7 heteroatoms. The normalized spacial score (nSPS) is 33.0. The number of rotatable bonds is 3. The summed E-state index contributed by atoms with van der Waals surface area (Å²) < 4.78 is 1.82. The number of thioether (sulfide) groups is 1. The Morgan fingerprint density at radius 1 is 1.14 bits per heavy atom. The first-order chi connectivity index (χ1) is 14.2. The first kappa shape index (κ1) is 18.7. The van der Waals surface area contributed by atoms with E-state index in [9.17, 15) is 9.59 Å². The van der Waals surface area contributed by atoms with Gasteiger partial charge in [0.05, 0.1) is 5.03 Å². The number of thiazole rings is 1. The van der Waals surface area contributed by atoms with E-state index in [2.05, 4.69) is 17.5 Å². The van der Waals surface area contributed by atoms with Crippen molar-refractivity contribution in [2.45, 2.75) is 61.3 Å². The summed E-state index contributed by atoms with van der Waals surface area (Å²) in [6, 6.07) is 4.40. The minimum absolute atomic E-state index is 0.0572. The molecule has 5 atom stereocenters. The Labute approximate surface area is 183 Å². The van der Waals surface area contributed by atoms with E-state index >= 15 is 0 Å². The van der Waals surface area contributed by atoms with Crippen LogP contribution in [0.3, 0.4) is 0 Å². The largest absolute Gasteiger partial charge is 0.341 e. The zero-order valence-electron chi connectivity index (χ0n) is 16.4. The van der Waals surface area contributed by atoms with Gasteiger partial charge in [0.25, 0.3) is 0 Å². The van der Waals surface area contributed by atoms with Crippen molar-refractivity contribution in [3.05, 3.63) is 36.9 Å². The number of amides is 1. The summed E-state index contributed by atoms with van der Waals surface area (Å²) in [7, 11) is 0. The molecule has 2 saturated carbocycles. The van der Waals surface area contributed by atoms with Gasteiger partial charge in [-0.3, -0.25) is 14.2 Å². The average molecular weight is 447 g/mol. The zero-order valence-corrected chi connectivity index (χ0v) is 18.9. The topological polar surface area (TPSA) is 42.3 Å². The molecule has 0 spiro atoms. The van der Waals surface area contributed by atoms with Gasteiger partial charge in [-0.15, -0.1) is 23.1 Å². The van der Waals surface area contributed by atoms with Gasteiger partial charge in [-0.25, -0.2) is 0 Å². The minimum Gasteiger partial charge on any atom is -0.341 e. The van der Waals surface area contributed by atoms with Gasteiger partial charge in [0, 0.05) is 34.0 Å². The quantitative estimate of drug-likeness (QED) is 0.690. The highest BCUT2D eigenvalue weighted by atomic mass is 32.2. The fourth-order valence-electron chi connectivity index (χ4n) is 6.25. The number of carbonyl (C=O) groups excluding carboxylic acids is 1. The van der Waals surface area contributed by atoms with Crippen LogP contribution < -0.4 is 4.87 Å². The van der Waals surface area contributed by atoms with Crippen LogP contribution in [0.2, 0.25) is 0 Å². The highest BCUT2D eigenvalue weighted by Gasteiger charge is 2.55. The smallest absolute Gasteiger partial charge is 0.308 e. The Hall–Kier alpha value is -1.05. The summed E-state index contributed by atoms with van der Waals surface area (Å²) in [4.78, 5) is 30.6. The van der Waals surface area contributed by atoms with E-state index in [1.807, 2.05) is 32.6 Å². The van der Waals surface area contributed by atoms with Crippen LogP contribution in [0.5, 0.6) is 0 Å². The molecule has 29 heavy (non-hydrogen) atoms. The fourth-order valence-corrected chi connectivity index (χ4v) is 10.4. The molecular formula is C22H26N2O2S3. The van der Waals surface area contributed by atoms with Gasteiger partial charge in [0.15, 0.2) is 0 Å². The molecule has 2 aromatic heterocycles. The molecule has 3 fully saturated rings. The standard InChI is InChI=1S/C22H26N2O2S3/c25-16(23-8-2-1-3-9-23)12-24-21-20(29-22(24)26)18(15-5-4-10-27-15)17-13-6-7-14(11-13)19(17)28-21/h4-5,10,13-14,17-19H,1-3,6-9,11-12H2/t13-,14-,17-,18-,19+/m0/s1. The second-order valence-corrected chi connectivity index (χ2v) is 12.2. The van der Waals surface area contributed by atoms with Gasteiger partial charge >= 0.3 is 4.87 Å². The lowest BCUT2D eigenvalue weighted by Gasteiger charge is -2.40. The molecule has 1 saturated heterocycles. The molecule has 6 rings (SSSR count). The molecule has 4 heterocycles. The molecule has 2 aromatic rings. The molecule has 154 valence electrons. The van der Waals surface area contributed by atoms with Crippen molar-refractivity contribution in [2.24, 2.45) is 17.8 Å². The monoisotopic (exact) mass is 446 g/mol. The number of aromatic nitrogens is 1. The van der Waals surface area contributed by atoms with Gasteiger partial charge < -0.3 is 4.90 Å². The summed E-state index contributed by atoms with van der Waals surface area (Å²) in [5, 5.41) is 3.88. The van der Waals surface area contributed by atoms with Crippen LogP contribution >= 0.6 is 34.4 Å².